The van der Waals surface area contributed by atoms with E-state index < -0.39 is 22.5 Å². The van der Waals surface area contributed by atoms with Crippen LogP contribution in [0.2, 0.25) is 0 Å². The molecule has 150 valence electrons. The van der Waals surface area contributed by atoms with Crippen molar-refractivity contribution in [3.05, 3.63) is 84.4 Å². The third-order valence-electron chi connectivity index (χ3n) is 4.20. The minimum absolute atomic E-state index is 0.0196. The zero-order chi connectivity index (χ0) is 20.9. The van der Waals surface area contributed by atoms with Crippen LogP contribution in [0.1, 0.15) is 5.56 Å². The molecule has 0 unspecified atom stereocenters. The number of methoxy groups -OCH3 is 1. The lowest BCUT2D eigenvalue weighted by Gasteiger charge is -2.23. The SMILES string of the molecule is COc1ccccc1OCC(=O)N(c1ccc(C)cc1)S(=O)(=O)c1ccccc1. The zero-order valence-electron chi connectivity index (χ0n) is 16.1. The Hall–Kier alpha value is -3.32. The highest BCUT2D eigenvalue weighted by Crippen LogP contribution is 2.27. The standard InChI is InChI=1S/C22H21NO5S/c1-17-12-14-18(15-13-17)23(29(25,26)19-8-4-3-5-9-19)22(24)16-28-21-11-7-6-10-20(21)27-2/h3-15H,16H2,1-2H3. The van der Waals surface area contributed by atoms with Crippen molar-refractivity contribution in [1.82, 2.24) is 0 Å². The van der Waals surface area contributed by atoms with Crippen LogP contribution in [0.15, 0.2) is 83.8 Å². The Morgan fingerprint density at radius 1 is 0.862 bits per heavy atom. The van der Waals surface area contributed by atoms with E-state index in [-0.39, 0.29) is 10.6 Å². The Kier molecular flexibility index (Phi) is 6.19. The monoisotopic (exact) mass is 411 g/mol. The van der Waals surface area contributed by atoms with Gasteiger partial charge in [-0.1, -0.05) is 48.0 Å². The second kappa shape index (κ2) is 8.79. The molecule has 0 aliphatic heterocycles. The molecule has 0 radical (unpaired) electrons. The number of aryl methyl sites for hydroxylation is 1. The highest BCUT2D eigenvalue weighted by atomic mass is 32.2. The summed E-state index contributed by atoms with van der Waals surface area (Å²) in [5, 5.41) is 0. The van der Waals surface area contributed by atoms with Crippen LogP contribution in [-0.4, -0.2) is 28.0 Å². The Bertz CT molecular complexity index is 1080. The highest BCUT2D eigenvalue weighted by molar-refractivity contribution is 7.93. The van der Waals surface area contributed by atoms with Crippen LogP contribution in [0.5, 0.6) is 11.5 Å². The van der Waals surface area contributed by atoms with E-state index in [2.05, 4.69) is 0 Å². The van der Waals surface area contributed by atoms with Gasteiger partial charge in [-0.25, -0.2) is 8.42 Å². The molecule has 0 aliphatic carbocycles. The molecule has 0 atom stereocenters. The number of hydrogen-bond acceptors (Lipinski definition) is 5. The number of ether oxygens (including phenoxy) is 2. The van der Waals surface area contributed by atoms with Gasteiger partial charge in [-0.05, 0) is 43.3 Å². The second-order valence-electron chi connectivity index (χ2n) is 6.25. The van der Waals surface area contributed by atoms with Crippen LogP contribution in [0.4, 0.5) is 5.69 Å². The minimum atomic E-state index is -4.11. The molecule has 3 aromatic rings. The molecule has 0 aliphatic rings. The maximum atomic E-state index is 13.2. The van der Waals surface area contributed by atoms with Gasteiger partial charge in [0.15, 0.2) is 18.1 Å². The molecule has 0 fully saturated rings. The van der Waals surface area contributed by atoms with E-state index in [1.165, 1.54) is 19.2 Å². The number of amides is 1. The summed E-state index contributed by atoms with van der Waals surface area (Å²) in [6.45, 7) is 1.41. The summed E-state index contributed by atoms with van der Waals surface area (Å²) in [4.78, 5) is 13.0. The Labute approximate surface area is 170 Å². The molecule has 0 saturated carbocycles. The lowest BCUT2D eigenvalue weighted by molar-refractivity contribution is -0.119. The van der Waals surface area contributed by atoms with Gasteiger partial charge in [0.2, 0.25) is 0 Å². The van der Waals surface area contributed by atoms with E-state index in [1.54, 1.807) is 66.7 Å². The molecule has 7 heteroatoms. The normalized spacial score (nSPS) is 11.0. The maximum absolute atomic E-state index is 13.2. The first-order valence-corrected chi connectivity index (χ1v) is 10.3. The molecule has 0 aromatic heterocycles. The average Bonchev–Trinajstić information content (AvgIpc) is 2.74. The predicted octanol–water partition coefficient (Wildman–Crippen LogP) is 3.80. The third kappa shape index (κ3) is 4.57. The molecule has 0 N–H and O–H groups in total. The summed E-state index contributed by atoms with van der Waals surface area (Å²) in [7, 11) is -2.63. The summed E-state index contributed by atoms with van der Waals surface area (Å²) in [6, 6.07) is 21.4. The van der Waals surface area contributed by atoms with Crippen molar-refractivity contribution in [3.8, 4) is 11.5 Å². The number of hydrogen-bond donors (Lipinski definition) is 0. The molecule has 0 saturated heterocycles. The van der Waals surface area contributed by atoms with Crippen LogP contribution in [0.25, 0.3) is 0 Å². The van der Waals surface area contributed by atoms with Crippen LogP contribution < -0.4 is 13.8 Å². The van der Waals surface area contributed by atoms with Crippen molar-refractivity contribution in [2.24, 2.45) is 0 Å². The van der Waals surface area contributed by atoms with E-state index in [4.69, 9.17) is 9.47 Å². The maximum Gasteiger partial charge on any atom is 0.278 e. The first kappa shape index (κ1) is 20.4. The Morgan fingerprint density at radius 3 is 2.07 bits per heavy atom. The van der Waals surface area contributed by atoms with E-state index in [9.17, 15) is 13.2 Å². The van der Waals surface area contributed by atoms with Crippen LogP contribution >= 0.6 is 0 Å². The fourth-order valence-corrected chi connectivity index (χ4v) is 4.16. The molecule has 0 spiro atoms. The number of carbonyl (C=O) groups is 1. The molecule has 3 rings (SSSR count). The largest absolute Gasteiger partial charge is 0.493 e. The van der Waals surface area contributed by atoms with E-state index in [0.717, 1.165) is 9.87 Å². The van der Waals surface area contributed by atoms with Crippen molar-refractivity contribution in [3.63, 3.8) is 0 Å². The van der Waals surface area contributed by atoms with Crippen LogP contribution in [-0.2, 0) is 14.8 Å². The average molecular weight is 411 g/mol. The van der Waals surface area contributed by atoms with Gasteiger partial charge in [-0.15, -0.1) is 0 Å². The molecule has 1 amide bonds. The fraction of sp³-hybridized carbons (Fsp3) is 0.136. The Morgan fingerprint density at radius 2 is 1.45 bits per heavy atom. The predicted molar refractivity (Wildman–Crippen MR) is 111 cm³/mol. The van der Waals surface area contributed by atoms with Crippen molar-refractivity contribution >= 4 is 21.6 Å². The lowest BCUT2D eigenvalue weighted by Crippen LogP contribution is -2.40. The topological polar surface area (TPSA) is 72.9 Å². The number of nitrogens with zero attached hydrogens (tertiary/aromatic N) is 1. The van der Waals surface area contributed by atoms with Gasteiger partial charge >= 0.3 is 0 Å². The van der Waals surface area contributed by atoms with Gasteiger partial charge in [-0.3, -0.25) is 4.79 Å². The number of rotatable bonds is 7. The minimum Gasteiger partial charge on any atom is -0.493 e. The van der Waals surface area contributed by atoms with Gasteiger partial charge < -0.3 is 9.47 Å². The summed E-state index contributed by atoms with van der Waals surface area (Å²) in [6.07, 6.45) is 0. The van der Waals surface area contributed by atoms with Gasteiger partial charge in [0, 0.05) is 0 Å². The molecule has 3 aromatic carbocycles. The highest BCUT2D eigenvalue weighted by Gasteiger charge is 2.31. The zero-order valence-corrected chi connectivity index (χ0v) is 16.9. The lowest BCUT2D eigenvalue weighted by atomic mass is 10.2. The molecule has 0 bridgehead atoms. The molecular weight excluding hydrogens is 390 g/mol. The smallest absolute Gasteiger partial charge is 0.278 e. The van der Waals surface area contributed by atoms with Gasteiger partial charge in [0.05, 0.1) is 17.7 Å². The van der Waals surface area contributed by atoms with E-state index in [1.807, 2.05) is 6.92 Å². The van der Waals surface area contributed by atoms with Crippen molar-refractivity contribution < 1.29 is 22.7 Å². The van der Waals surface area contributed by atoms with Gasteiger partial charge in [0.25, 0.3) is 15.9 Å². The van der Waals surface area contributed by atoms with Crippen LogP contribution in [0.3, 0.4) is 0 Å². The summed E-state index contributed by atoms with van der Waals surface area (Å²) in [5.41, 5.74) is 1.19. The number of benzene rings is 3. The first-order chi connectivity index (χ1) is 13.9. The molecular formula is C22H21NO5S. The second-order valence-corrected chi connectivity index (χ2v) is 8.04. The van der Waals surface area contributed by atoms with Gasteiger partial charge in [-0.2, -0.15) is 4.31 Å². The van der Waals surface area contributed by atoms with E-state index in [0.29, 0.717) is 11.5 Å². The number of anilines is 1. The number of sulfonamides is 1. The van der Waals surface area contributed by atoms with Crippen molar-refractivity contribution in [2.45, 2.75) is 11.8 Å². The number of carbonyl (C=O) groups excluding carboxylic acids is 1. The van der Waals surface area contributed by atoms with Gasteiger partial charge in [0.1, 0.15) is 0 Å². The van der Waals surface area contributed by atoms with Crippen molar-refractivity contribution in [1.29, 1.82) is 0 Å². The summed E-state index contributed by atoms with van der Waals surface area (Å²) < 4.78 is 38.0. The number of para-hydroxylation sites is 2. The first-order valence-electron chi connectivity index (χ1n) is 8.89. The quantitative estimate of drug-likeness (QED) is 0.591. The summed E-state index contributed by atoms with van der Waals surface area (Å²) >= 11 is 0. The Balaban J connectivity index is 1.95. The summed E-state index contributed by atoms with van der Waals surface area (Å²) in [5.74, 6) is 0.0843. The molecule has 6 nitrogen and oxygen atoms in total. The van der Waals surface area contributed by atoms with E-state index >= 15 is 0 Å². The molecule has 0 heterocycles. The van der Waals surface area contributed by atoms with Crippen LogP contribution in [0, 0.1) is 6.92 Å². The molecule has 29 heavy (non-hydrogen) atoms. The third-order valence-corrected chi connectivity index (χ3v) is 5.96. The van der Waals surface area contributed by atoms with Crippen molar-refractivity contribution in [2.75, 3.05) is 18.0 Å². The fourth-order valence-electron chi connectivity index (χ4n) is 2.73.